The number of nitrogens with zero attached hydrogens (tertiary/aromatic N) is 1. The molecular formula is C15H19N3OS. The first kappa shape index (κ1) is 14.5. The van der Waals surface area contributed by atoms with Crippen LogP contribution in [0.2, 0.25) is 0 Å². The molecule has 20 heavy (non-hydrogen) atoms. The molecule has 0 radical (unpaired) electrons. The molecule has 0 aliphatic rings. The largest absolute Gasteiger partial charge is 0.494 e. The van der Waals surface area contributed by atoms with Gasteiger partial charge in [-0.25, -0.2) is 4.98 Å². The van der Waals surface area contributed by atoms with Crippen LogP contribution in [0.4, 0.5) is 0 Å². The summed E-state index contributed by atoms with van der Waals surface area (Å²) in [4.78, 5) is 5.41. The molecule has 0 fully saturated rings. The predicted molar refractivity (Wildman–Crippen MR) is 83.8 cm³/mol. The third kappa shape index (κ3) is 2.99. The Morgan fingerprint density at radius 3 is 2.75 bits per heavy atom. The first-order chi connectivity index (χ1) is 9.52. The van der Waals surface area contributed by atoms with Crippen molar-refractivity contribution in [2.75, 3.05) is 6.61 Å². The molecule has 0 unspecified atom stereocenters. The highest BCUT2D eigenvalue weighted by Gasteiger charge is 2.17. The van der Waals surface area contributed by atoms with Crippen molar-refractivity contribution in [1.82, 2.24) is 4.98 Å². The van der Waals surface area contributed by atoms with Crippen LogP contribution in [-0.4, -0.2) is 17.4 Å². The van der Waals surface area contributed by atoms with Crippen LogP contribution in [0.15, 0.2) is 24.3 Å². The number of hydrogen-bond donors (Lipinski definition) is 2. The highest BCUT2D eigenvalue weighted by molar-refractivity contribution is 7.17. The molecule has 2 aromatic rings. The monoisotopic (exact) mass is 289 g/mol. The van der Waals surface area contributed by atoms with Crippen LogP contribution in [0, 0.1) is 5.41 Å². The van der Waals surface area contributed by atoms with Crippen molar-refractivity contribution in [1.29, 1.82) is 5.41 Å². The van der Waals surface area contributed by atoms with Gasteiger partial charge in [-0.1, -0.05) is 26.0 Å². The van der Waals surface area contributed by atoms with Crippen molar-refractivity contribution in [3.63, 3.8) is 0 Å². The lowest BCUT2D eigenvalue weighted by Crippen LogP contribution is -2.12. The molecule has 3 N–H and O–H groups in total. The van der Waals surface area contributed by atoms with Crippen LogP contribution >= 0.6 is 11.3 Å². The van der Waals surface area contributed by atoms with E-state index in [0.29, 0.717) is 6.61 Å². The molecule has 1 aromatic carbocycles. The molecular weight excluding hydrogens is 270 g/mol. The Kier molecular flexibility index (Phi) is 4.39. The summed E-state index contributed by atoms with van der Waals surface area (Å²) in [6.45, 7) is 6.71. The van der Waals surface area contributed by atoms with Gasteiger partial charge in [0.15, 0.2) is 0 Å². The third-order valence-corrected chi connectivity index (χ3v) is 3.99. The van der Waals surface area contributed by atoms with Crippen LogP contribution in [0.5, 0.6) is 5.75 Å². The first-order valence-electron chi connectivity index (χ1n) is 6.61. The van der Waals surface area contributed by atoms with E-state index in [4.69, 9.17) is 15.9 Å². The summed E-state index contributed by atoms with van der Waals surface area (Å²) >= 11 is 1.46. The minimum absolute atomic E-state index is 0.0819. The van der Waals surface area contributed by atoms with Gasteiger partial charge in [-0.2, -0.15) is 0 Å². The molecule has 0 saturated carbocycles. The number of nitrogens with one attached hydrogen (secondary N) is 1. The second-order valence-corrected chi connectivity index (χ2v) is 5.76. The SMILES string of the molecule is CCOc1cccc(-c2nc(C(C)C)c(C(=N)N)s2)c1. The lowest BCUT2D eigenvalue weighted by atomic mass is 10.1. The molecule has 106 valence electrons. The maximum Gasteiger partial charge on any atom is 0.135 e. The van der Waals surface area contributed by atoms with Crippen molar-refractivity contribution in [3.8, 4) is 16.3 Å². The molecule has 1 aromatic heterocycles. The Morgan fingerprint density at radius 2 is 2.20 bits per heavy atom. The molecule has 1 heterocycles. The Hall–Kier alpha value is -1.88. The van der Waals surface area contributed by atoms with E-state index in [1.54, 1.807) is 0 Å². The number of ether oxygens (including phenoxy) is 1. The fraction of sp³-hybridized carbons (Fsp3) is 0.333. The number of aromatic nitrogens is 1. The highest BCUT2D eigenvalue weighted by Crippen LogP contribution is 2.32. The topological polar surface area (TPSA) is 72.0 Å². The first-order valence-corrected chi connectivity index (χ1v) is 7.43. The van der Waals surface area contributed by atoms with E-state index in [-0.39, 0.29) is 11.8 Å². The molecule has 0 bridgehead atoms. The number of nitrogens with two attached hydrogens (primary N) is 1. The van der Waals surface area contributed by atoms with Gasteiger partial charge in [0.2, 0.25) is 0 Å². The van der Waals surface area contributed by atoms with Crippen LogP contribution in [0.25, 0.3) is 10.6 Å². The lowest BCUT2D eigenvalue weighted by molar-refractivity contribution is 0.340. The smallest absolute Gasteiger partial charge is 0.135 e. The van der Waals surface area contributed by atoms with Crippen molar-refractivity contribution in [3.05, 3.63) is 34.8 Å². The zero-order chi connectivity index (χ0) is 14.7. The quantitative estimate of drug-likeness (QED) is 0.652. The van der Waals surface area contributed by atoms with E-state index < -0.39 is 0 Å². The highest BCUT2D eigenvalue weighted by atomic mass is 32.1. The fourth-order valence-corrected chi connectivity index (χ4v) is 3.00. The molecule has 2 rings (SSSR count). The lowest BCUT2D eigenvalue weighted by Gasteiger charge is -2.04. The molecule has 5 heteroatoms. The van der Waals surface area contributed by atoms with Crippen molar-refractivity contribution >= 4 is 17.2 Å². The molecule has 0 atom stereocenters. The average Bonchev–Trinajstić information content (AvgIpc) is 2.85. The Balaban J connectivity index is 2.45. The van der Waals surface area contributed by atoms with Crippen molar-refractivity contribution in [2.45, 2.75) is 26.7 Å². The summed E-state index contributed by atoms with van der Waals surface area (Å²) in [6, 6.07) is 7.84. The molecule has 0 aliphatic heterocycles. The Morgan fingerprint density at radius 1 is 1.45 bits per heavy atom. The maximum atomic E-state index is 7.68. The molecule has 0 aliphatic carbocycles. The zero-order valence-corrected chi connectivity index (χ0v) is 12.8. The molecule has 0 saturated heterocycles. The summed E-state index contributed by atoms with van der Waals surface area (Å²) in [5.74, 6) is 1.16. The number of nitrogen functional groups attached to an aromatic ring is 1. The zero-order valence-electron chi connectivity index (χ0n) is 11.9. The summed E-state index contributed by atoms with van der Waals surface area (Å²) in [7, 11) is 0. The fourth-order valence-electron chi connectivity index (χ4n) is 1.93. The van der Waals surface area contributed by atoms with E-state index in [1.807, 2.05) is 31.2 Å². The van der Waals surface area contributed by atoms with E-state index in [0.717, 1.165) is 26.9 Å². The van der Waals surface area contributed by atoms with Gasteiger partial charge < -0.3 is 10.5 Å². The van der Waals surface area contributed by atoms with E-state index in [1.165, 1.54) is 11.3 Å². The van der Waals surface area contributed by atoms with Gasteiger partial charge in [-0.05, 0) is 25.0 Å². The van der Waals surface area contributed by atoms with E-state index >= 15 is 0 Å². The summed E-state index contributed by atoms with van der Waals surface area (Å²) in [6.07, 6.45) is 0. The van der Waals surface area contributed by atoms with Crippen LogP contribution in [0.1, 0.15) is 37.3 Å². The van der Waals surface area contributed by atoms with E-state index in [2.05, 4.69) is 18.8 Å². The predicted octanol–water partition coefficient (Wildman–Crippen LogP) is 3.62. The van der Waals surface area contributed by atoms with Crippen LogP contribution in [0.3, 0.4) is 0 Å². The number of benzene rings is 1. The second kappa shape index (κ2) is 6.05. The standard InChI is InChI=1S/C15H19N3OS/c1-4-19-11-7-5-6-10(8-11)15-18-12(9(2)3)13(20-15)14(16)17/h5-9H,4H2,1-3H3,(H3,16,17). The Labute approximate surface area is 123 Å². The van der Waals surface area contributed by atoms with Gasteiger partial charge in [0.1, 0.15) is 16.6 Å². The summed E-state index contributed by atoms with van der Waals surface area (Å²) in [5.41, 5.74) is 7.53. The van der Waals surface area contributed by atoms with Crippen LogP contribution < -0.4 is 10.5 Å². The van der Waals surface area contributed by atoms with Gasteiger partial charge in [0, 0.05) is 5.56 Å². The third-order valence-electron chi connectivity index (χ3n) is 2.84. The minimum Gasteiger partial charge on any atom is -0.494 e. The molecule has 0 spiro atoms. The van der Waals surface area contributed by atoms with Gasteiger partial charge in [0.25, 0.3) is 0 Å². The summed E-state index contributed by atoms with van der Waals surface area (Å²) < 4.78 is 5.51. The van der Waals surface area contributed by atoms with Crippen molar-refractivity contribution < 1.29 is 4.74 Å². The van der Waals surface area contributed by atoms with Crippen molar-refractivity contribution in [2.24, 2.45) is 5.73 Å². The summed E-state index contributed by atoms with van der Waals surface area (Å²) in [5, 5.41) is 8.55. The Bertz CT molecular complexity index is 619. The van der Waals surface area contributed by atoms with Gasteiger partial charge in [-0.3, -0.25) is 5.41 Å². The van der Waals surface area contributed by atoms with Gasteiger partial charge in [0.05, 0.1) is 17.2 Å². The number of amidine groups is 1. The number of thiazole rings is 1. The number of rotatable bonds is 5. The molecule has 0 amide bonds. The van der Waals surface area contributed by atoms with Gasteiger partial charge in [-0.15, -0.1) is 11.3 Å². The van der Waals surface area contributed by atoms with Gasteiger partial charge >= 0.3 is 0 Å². The average molecular weight is 289 g/mol. The minimum atomic E-state index is 0.0819. The second-order valence-electron chi connectivity index (χ2n) is 4.76. The van der Waals surface area contributed by atoms with Crippen LogP contribution in [-0.2, 0) is 0 Å². The number of hydrogen-bond acceptors (Lipinski definition) is 4. The molecule has 4 nitrogen and oxygen atoms in total. The normalized spacial score (nSPS) is 10.8. The maximum absolute atomic E-state index is 7.68. The van der Waals surface area contributed by atoms with E-state index in [9.17, 15) is 0 Å².